The minimum Gasteiger partial charge on any atom is -0.408 e. The summed E-state index contributed by atoms with van der Waals surface area (Å²) in [6.07, 6.45) is -4.47. The minimum absolute atomic E-state index is 0.00848. The number of aromatic amines is 1. The van der Waals surface area contributed by atoms with E-state index in [0.717, 1.165) is 12.1 Å². The van der Waals surface area contributed by atoms with E-state index in [9.17, 15) is 22.8 Å². The van der Waals surface area contributed by atoms with Gasteiger partial charge in [0.05, 0.1) is 24.5 Å². The molecule has 3 aromatic rings. The molecule has 8 nitrogen and oxygen atoms in total. The normalized spacial score (nSPS) is 14.6. The number of benzene rings is 2. The number of anilines is 2. The molecule has 2 amide bonds. The number of urea groups is 1. The van der Waals surface area contributed by atoms with E-state index in [1.165, 1.54) is 6.07 Å². The van der Waals surface area contributed by atoms with Crippen LogP contribution in [-0.4, -0.2) is 37.3 Å². The summed E-state index contributed by atoms with van der Waals surface area (Å²) in [6.45, 7) is 1.74. The van der Waals surface area contributed by atoms with Gasteiger partial charge in [-0.2, -0.15) is 13.2 Å². The van der Waals surface area contributed by atoms with Crippen molar-refractivity contribution in [3.8, 4) is 0 Å². The summed E-state index contributed by atoms with van der Waals surface area (Å²) in [6, 6.07) is 7.65. The lowest BCUT2D eigenvalue weighted by atomic mass is 10.1. The van der Waals surface area contributed by atoms with Gasteiger partial charge in [-0.25, -0.2) is 9.59 Å². The van der Waals surface area contributed by atoms with Crippen molar-refractivity contribution in [2.24, 2.45) is 0 Å². The van der Waals surface area contributed by atoms with Crippen LogP contribution in [-0.2, 0) is 17.5 Å². The number of aromatic nitrogens is 1. The van der Waals surface area contributed by atoms with Gasteiger partial charge in [0.2, 0.25) is 0 Å². The number of oxazole rings is 1. The highest BCUT2D eigenvalue weighted by atomic mass is 19.4. The lowest BCUT2D eigenvalue weighted by molar-refractivity contribution is -0.137. The molecule has 0 atom stereocenters. The van der Waals surface area contributed by atoms with Crippen molar-refractivity contribution in [2.75, 3.05) is 36.5 Å². The predicted octanol–water partition coefficient (Wildman–Crippen LogP) is 3.30. The number of fused-ring (bicyclic) bond motifs is 1. The van der Waals surface area contributed by atoms with Crippen LogP contribution in [0.5, 0.6) is 0 Å². The van der Waals surface area contributed by atoms with Gasteiger partial charge in [0.1, 0.15) is 5.52 Å². The number of hydrogen-bond acceptors (Lipinski definition) is 5. The van der Waals surface area contributed by atoms with Gasteiger partial charge in [0, 0.05) is 25.3 Å². The Bertz CT molecular complexity index is 1150. The fourth-order valence-corrected chi connectivity index (χ4v) is 3.41. The van der Waals surface area contributed by atoms with E-state index in [1.54, 1.807) is 18.2 Å². The Balaban J connectivity index is 1.51. The zero-order valence-corrected chi connectivity index (χ0v) is 16.2. The molecule has 3 N–H and O–H groups in total. The number of carbonyl (C=O) groups is 1. The van der Waals surface area contributed by atoms with Crippen molar-refractivity contribution < 1.29 is 27.1 Å². The summed E-state index contributed by atoms with van der Waals surface area (Å²) >= 11 is 0. The first kappa shape index (κ1) is 20.8. The van der Waals surface area contributed by atoms with Gasteiger partial charge in [-0.15, -0.1) is 0 Å². The van der Waals surface area contributed by atoms with Crippen LogP contribution in [0, 0.1) is 0 Å². The SMILES string of the molecule is O=C(NCc1ccc(C(F)(F)F)cc1N1CCOCC1)Nc1cccc2oc(=O)[nH]c12. The molecule has 2 heterocycles. The Morgan fingerprint density at radius 1 is 1.16 bits per heavy atom. The number of ether oxygens (including phenoxy) is 1. The molecule has 1 aliphatic heterocycles. The maximum absolute atomic E-state index is 13.2. The summed E-state index contributed by atoms with van der Waals surface area (Å²) in [5, 5.41) is 5.25. The fourth-order valence-electron chi connectivity index (χ4n) is 3.41. The molecule has 0 saturated carbocycles. The molecule has 0 spiro atoms. The van der Waals surface area contributed by atoms with Gasteiger partial charge in [-0.05, 0) is 29.8 Å². The first-order valence-electron chi connectivity index (χ1n) is 9.51. The number of halogens is 3. The molecule has 1 saturated heterocycles. The Morgan fingerprint density at radius 2 is 1.94 bits per heavy atom. The number of H-pyrrole nitrogens is 1. The lowest BCUT2D eigenvalue weighted by Crippen LogP contribution is -2.37. The second-order valence-electron chi connectivity index (χ2n) is 6.94. The van der Waals surface area contributed by atoms with Crippen LogP contribution in [0.2, 0.25) is 0 Å². The number of nitrogens with one attached hydrogen (secondary N) is 3. The molecule has 1 aliphatic rings. The van der Waals surface area contributed by atoms with Crippen LogP contribution < -0.4 is 21.3 Å². The first-order valence-corrected chi connectivity index (χ1v) is 9.51. The minimum atomic E-state index is -4.47. The van der Waals surface area contributed by atoms with Gasteiger partial charge in [-0.1, -0.05) is 12.1 Å². The van der Waals surface area contributed by atoms with E-state index in [-0.39, 0.29) is 6.54 Å². The van der Waals surface area contributed by atoms with Crippen molar-refractivity contribution in [3.63, 3.8) is 0 Å². The van der Waals surface area contributed by atoms with Crippen molar-refractivity contribution in [1.82, 2.24) is 10.3 Å². The number of rotatable bonds is 4. The first-order chi connectivity index (χ1) is 14.8. The average Bonchev–Trinajstić information content (AvgIpc) is 3.13. The number of para-hydroxylation sites is 1. The molecule has 2 aromatic carbocycles. The van der Waals surface area contributed by atoms with Crippen LogP contribution in [0.4, 0.5) is 29.3 Å². The summed E-state index contributed by atoms with van der Waals surface area (Å²) in [4.78, 5) is 28.1. The highest BCUT2D eigenvalue weighted by Crippen LogP contribution is 2.34. The van der Waals surface area contributed by atoms with Crippen LogP contribution in [0.25, 0.3) is 11.1 Å². The molecule has 11 heteroatoms. The maximum Gasteiger partial charge on any atom is 0.417 e. The zero-order valence-electron chi connectivity index (χ0n) is 16.2. The van der Waals surface area contributed by atoms with E-state index in [0.29, 0.717) is 54.3 Å². The Labute approximate surface area is 174 Å². The van der Waals surface area contributed by atoms with Gasteiger partial charge < -0.3 is 24.7 Å². The summed E-state index contributed by atoms with van der Waals surface area (Å²) in [7, 11) is 0. The average molecular weight is 436 g/mol. The molecule has 0 aliphatic carbocycles. The second-order valence-corrected chi connectivity index (χ2v) is 6.94. The molecule has 0 unspecified atom stereocenters. The molecule has 1 fully saturated rings. The van der Waals surface area contributed by atoms with Gasteiger partial charge in [0.15, 0.2) is 5.58 Å². The third-order valence-electron chi connectivity index (χ3n) is 4.91. The fraction of sp³-hybridized carbons (Fsp3) is 0.300. The standard InChI is InChI=1S/C20H19F3N4O4/c21-20(22,23)13-5-4-12(15(10-13)27-6-8-30-9-7-27)11-24-18(28)25-14-2-1-3-16-17(14)26-19(29)31-16/h1-5,10H,6-9,11H2,(H,26,29)(H2,24,25,28). The van der Waals surface area contributed by atoms with E-state index in [1.807, 2.05) is 4.90 Å². The van der Waals surface area contributed by atoms with Crippen LogP contribution >= 0.6 is 0 Å². The Kier molecular flexibility index (Phi) is 5.59. The van der Waals surface area contributed by atoms with Crippen molar-refractivity contribution in [2.45, 2.75) is 12.7 Å². The van der Waals surface area contributed by atoms with Gasteiger partial charge in [0.25, 0.3) is 0 Å². The molecular formula is C20H19F3N4O4. The van der Waals surface area contributed by atoms with Gasteiger partial charge in [-0.3, -0.25) is 4.98 Å². The quantitative estimate of drug-likeness (QED) is 0.583. The smallest absolute Gasteiger partial charge is 0.408 e. The highest BCUT2D eigenvalue weighted by Gasteiger charge is 2.32. The van der Waals surface area contributed by atoms with Crippen LogP contribution in [0.1, 0.15) is 11.1 Å². The summed E-state index contributed by atoms with van der Waals surface area (Å²) < 4.78 is 49.8. The van der Waals surface area contributed by atoms with Gasteiger partial charge >= 0.3 is 18.0 Å². The Morgan fingerprint density at radius 3 is 2.68 bits per heavy atom. The summed E-state index contributed by atoms with van der Waals surface area (Å²) in [5.74, 6) is -0.649. The maximum atomic E-state index is 13.2. The topological polar surface area (TPSA) is 99.6 Å². The van der Waals surface area contributed by atoms with Crippen molar-refractivity contribution >= 4 is 28.5 Å². The number of amides is 2. The number of alkyl halides is 3. The monoisotopic (exact) mass is 436 g/mol. The molecule has 31 heavy (non-hydrogen) atoms. The highest BCUT2D eigenvalue weighted by molar-refractivity contribution is 5.98. The molecular weight excluding hydrogens is 417 g/mol. The van der Waals surface area contributed by atoms with E-state index >= 15 is 0 Å². The van der Waals surface area contributed by atoms with Crippen LogP contribution in [0.3, 0.4) is 0 Å². The molecule has 164 valence electrons. The van der Waals surface area contributed by atoms with Crippen molar-refractivity contribution in [1.29, 1.82) is 0 Å². The third kappa shape index (κ3) is 4.66. The van der Waals surface area contributed by atoms with E-state index < -0.39 is 23.5 Å². The largest absolute Gasteiger partial charge is 0.417 e. The van der Waals surface area contributed by atoms with Crippen molar-refractivity contribution in [3.05, 3.63) is 58.1 Å². The number of nitrogens with zero attached hydrogens (tertiary/aromatic N) is 1. The van der Waals surface area contributed by atoms with E-state index in [4.69, 9.17) is 9.15 Å². The number of carbonyl (C=O) groups excluding carboxylic acids is 1. The number of morpholine rings is 1. The molecule has 4 rings (SSSR count). The Hall–Kier alpha value is -3.47. The number of hydrogen-bond donors (Lipinski definition) is 3. The third-order valence-corrected chi connectivity index (χ3v) is 4.91. The lowest BCUT2D eigenvalue weighted by Gasteiger charge is -2.31. The van der Waals surface area contributed by atoms with E-state index in [2.05, 4.69) is 15.6 Å². The van der Waals surface area contributed by atoms with Crippen LogP contribution in [0.15, 0.2) is 45.6 Å². The molecule has 0 bridgehead atoms. The molecule has 0 radical (unpaired) electrons. The summed E-state index contributed by atoms with van der Waals surface area (Å²) in [5.41, 5.74) is 1.16. The zero-order chi connectivity index (χ0) is 22.0. The second kappa shape index (κ2) is 8.34. The predicted molar refractivity (Wildman–Crippen MR) is 107 cm³/mol. The molecule has 1 aromatic heterocycles.